The summed E-state index contributed by atoms with van der Waals surface area (Å²) in [6, 6.07) is 7.80. The summed E-state index contributed by atoms with van der Waals surface area (Å²) in [7, 11) is 0. The van der Waals surface area contributed by atoms with Crippen LogP contribution in [0.2, 0.25) is 5.28 Å². The number of amides is 1. The monoisotopic (exact) mass is 481 g/mol. The number of benzene rings is 1. The first-order valence-corrected chi connectivity index (χ1v) is 12.0. The Kier molecular flexibility index (Phi) is 4.92. The van der Waals surface area contributed by atoms with E-state index in [4.69, 9.17) is 16.3 Å². The van der Waals surface area contributed by atoms with Gasteiger partial charge in [-0.3, -0.25) is 4.79 Å². The van der Waals surface area contributed by atoms with E-state index in [-0.39, 0.29) is 23.2 Å². The standard InChI is InChI=1S/C22H20ClN7O2S/c1-11-10-24-17-16-12-4-7-15(26-13(12)5-6-14(16)33-18(17)19(31)25-11)32-22-28-20(23)27-21(29-22)30-8-2-3-9-30/h4-7,11,24H,2-3,8-10H2,1H3,(H,25,31)/t11-/m1/s1. The van der Waals surface area contributed by atoms with Crippen molar-refractivity contribution in [1.82, 2.24) is 25.3 Å². The molecule has 0 saturated carbocycles. The third-order valence-electron chi connectivity index (χ3n) is 5.83. The van der Waals surface area contributed by atoms with Crippen LogP contribution in [0, 0.1) is 0 Å². The van der Waals surface area contributed by atoms with Crippen LogP contribution in [-0.2, 0) is 0 Å². The summed E-state index contributed by atoms with van der Waals surface area (Å²) < 4.78 is 6.89. The van der Waals surface area contributed by atoms with Crippen molar-refractivity contribution < 1.29 is 9.53 Å². The number of carbonyl (C=O) groups excluding carboxylic acids is 1. The maximum absolute atomic E-state index is 12.6. The Labute approximate surface area is 198 Å². The Hall–Kier alpha value is -3.24. The molecule has 6 rings (SSSR count). The van der Waals surface area contributed by atoms with E-state index in [0.717, 1.165) is 52.6 Å². The first-order valence-electron chi connectivity index (χ1n) is 10.8. The number of nitrogens with one attached hydrogen (secondary N) is 2. The number of nitrogens with zero attached hydrogens (tertiary/aromatic N) is 5. The van der Waals surface area contributed by atoms with E-state index in [1.165, 1.54) is 11.3 Å². The molecule has 1 amide bonds. The first kappa shape index (κ1) is 20.4. The van der Waals surface area contributed by atoms with Crippen LogP contribution in [0.15, 0.2) is 24.3 Å². The van der Waals surface area contributed by atoms with Crippen molar-refractivity contribution in [2.24, 2.45) is 0 Å². The molecule has 2 aliphatic rings. The van der Waals surface area contributed by atoms with Gasteiger partial charge in [0.25, 0.3) is 5.91 Å². The van der Waals surface area contributed by atoms with Gasteiger partial charge < -0.3 is 20.3 Å². The smallest absolute Gasteiger partial charge is 0.329 e. The van der Waals surface area contributed by atoms with Crippen molar-refractivity contribution in [3.05, 3.63) is 34.4 Å². The molecule has 0 unspecified atom stereocenters. The number of ether oxygens (including phenoxy) is 1. The molecule has 0 aliphatic carbocycles. The molecule has 4 aromatic rings. The van der Waals surface area contributed by atoms with Crippen molar-refractivity contribution >= 4 is 61.5 Å². The molecule has 0 bridgehead atoms. The number of rotatable bonds is 3. The van der Waals surface area contributed by atoms with Gasteiger partial charge in [-0.15, -0.1) is 11.3 Å². The van der Waals surface area contributed by atoms with E-state index in [2.05, 4.69) is 35.5 Å². The van der Waals surface area contributed by atoms with Gasteiger partial charge in [-0.1, -0.05) is 0 Å². The molecule has 1 saturated heterocycles. The molecule has 11 heteroatoms. The van der Waals surface area contributed by atoms with Gasteiger partial charge in [0.1, 0.15) is 4.88 Å². The SMILES string of the molecule is C[C@@H]1CNc2c(sc3ccc4nc(Oc5nc(Cl)nc(N6CCCC6)n5)ccc4c23)C(=O)N1. The number of thiophene rings is 1. The summed E-state index contributed by atoms with van der Waals surface area (Å²) in [6.45, 7) is 4.42. The van der Waals surface area contributed by atoms with Gasteiger partial charge in [0.05, 0.1) is 11.2 Å². The highest BCUT2D eigenvalue weighted by Gasteiger charge is 2.25. The zero-order valence-electron chi connectivity index (χ0n) is 17.8. The van der Waals surface area contributed by atoms with Gasteiger partial charge in [0, 0.05) is 47.2 Å². The van der Waals surface area contributed by atoms with Crippen LogP contribution in [0.3, 0.4) is 0 Å². The molecule has 33 heavy (non-hydrogen) atoms. The number of anilines is 2. The lowest BCUT2D eigenvalue weighted by molar-refractivity contribution is 0.0949. The van der Waals surface area contributed by atoms with Gasteiger partial charge in [0.15, 0.2) is 0 Å². The summed E-state index contributed by atoms with van der Waals surface area (Å²) in [5.41, 5.74) is 1.61. The molecular weight excluding hydrogens is 462 g/mol. The van der Waals surface area contributed by atoms with E-state index in [0.29, 0.717) is 23.3 Å². The molecule has 168 valence electrons. The minimum absolute atomic E-state index is 0.0507. The van der Waals surface area contributed by atoms with Gasteiger partial charge in [-0.05, 0) is 49.6 Å². The fourth-order valence-corrected chi connectivity index (χ4v) is 5.53. The molecule has 3 aromatic heterocycles. The van der Waals surface area contributed by atoms with Crippen LogP contribution in [-0.4, -0.2) is 51.5 Å². The van der Waals surface area contributed by atoms with E-state index in [9.17, 15) is 4.79 Å². The zero-order valence-corrected chi connectivity index (χ0v) is 19.3. The Morgan fingerprint density at radius 2 is 1.97 bits per heavy atom. The number of halogens is 1. The molecule has 2 aliphatic heterocycles. The summed E-state index contributed by atoms with van der Waals surface area (Å²) >= 11 is 7.60. The maximum atomic E-state index is 12.6. The number of hydrogen-bond donors (Lipinski definition) is 2. The second-order valence-electron chi connectivity index (χ2n) is 8.20. The summed E-state index contributed by atoms with van der Waals surface area (Å²) in [5, 5.41) is 8.47. The summed E-state index contributed by atoms with van der Waals surface area (Å²) in [4.78, 5) is 32.8. The fourth-order valence-electron chi connectivity index (χ4n) is 4.28. The fraction of sp³-hybridized carbons (Fsp3) is 0.318. The normalized spacial score (nSPS) is 18.2. The van der Waals surface area contributed by atoms with Crippen LogP contribution in [0.25, 0.3) is 21.0 Å². The number of carbonyl (C=O) groups is 1. The van der Waals surface area contributed by atoms with Crippen molar-refractivity contribution in [1.29, 1.82) is 0 Å². The molecule has 1 fully saturated rings. The Morgan fingerprint density at radius 3 is 2.82 bits per heavy atom. The average Bonchev–Trinajstić information content (AvgIpc) is 3.43. The number of aromatic nitrogens is 4. The van der Waals surface area contributed by atoms with Gasteiger partial charge in [-0.25, -0.2) is 4.98 Å². The summed E-state index contributed by atoms with van der Waals surface area (Å²) in [6.07, 6.45) is 2.20. The second kappa shape index (κ2) is 7.96. The lowest BCUT2D eigenvalue weighted by atomic mass is 10.1. The Balaban J connectivity index is 1.38. The van der Waals surface area contributed by atoms with E-state index in [1.54, 1.807) is 6.07 Å². The van der Waals surface area contributed by atoms with Crippen LogP contribution < -0.4 is 20.3 Å². The quantitative estimate of drug-likeness (QED) is 0.448. The zero-order chi connectivity index (χ0) is 22.5. The second-order valence-corrected chi connectivity index (χ2v) is 9.59. The number of fused-ring (bicyclic) bond motifs is 5. The number of pyridine rings is 1. The van der Waals surface area contributed by atoms with Crippen LogP contribution in [0.4, 0.5) is 11.6 Å². The minimum Gasteiger partial charge on any atom is -0.405 e. The van der Waals surface area contributed by atoms with Crippen LogP contribution >= 0.6 is 22.9 Å². The molecule has 1 aromatic carbocycles. The topological polar surface area (TPSA) is 105 Å². The predicted octanol–water partition coefficient (Wildman–Crippen LogP) is 4.22. The van der Waals surface area contributed by atoms with E-state index >= 15 is 0 Å². The highest BCUT2D eigenvalue weighted by atomic mass is 35.5. The molecule has 0 spiro atoms. The van der Waals surface area contributed by atoms with Crippen molar-refractivity contribution in [3.8, 4) is 11.9 Å². The highest BCUT2D eigenvalue weighted by molar-refractivity contribution is 7.21. The largest absolute Gasteiger partial charge is 0.405 e. The Bertz CT molecular complexity index is 1400. The third-order valence-corrected chi connectivity index (χ3v) is 7.15. The Morgan fingerprint density at radius 1 is 1.12 bits per heavy atom. The molecule has 1 atom stereocenters. The third kappa shape index (κ3) is 3.68. The molecule has 2 N–H and O–H groups in total. The van der Waals surface area contributed by atoms with Crippen molar-refractivity contribution in [3.63, 3.8) is 0 Å². The van der Waals surface area contributed by atoms with Crippen LogP contribution in [0.5, 0.6) is 11.9 Å². The van der Waals surface area contributed by atoms with E-state index in [1.807, 2.05) is 25.1 Å². The summed E-state index contributed by atoms with van der Waals surface area (Å²) in [5.74, 6) is 0.826. The van der Waals surface area contributed by atoms with Gasteiger partial charge >= 0.3 is 6.01 Å². The predicted molar refractivity (Wildman–Crippen MR) is 129 cm³/mol. The molecule has 0 radical (unpaired) electrons. The maximum Gasteiger partial charge on any atom is 0.329 e. The minimum atomic E-state index is -0.0507. The lowest BCUT2D eigenvalue weighted by Crippen LogP contribution is -2.34. The highest BCUT2D eigenvalue weighted by Crippen LogP contribution is 2.41. The van der Waals surface area contributed by atoms with Crippen LogP contribution in [0.1, 0.15) is 29.4 Å². The van der Waals surface area contributed by atoms with Gasteiger partial charge in [-0.2, -0.15) is 15.0 Å². The average molecular weight is 482 g/mol. The number of hydrogen-bond acceptors (Lipinski definition) is 9. The van der Waals surface area contributed by atoms with Crippen molar-refractivity contribution in [2.45, 2.75) is 25.8 Å². The van der Waals surface area contributed by atoms with Crippen molar-refractivity contribution in [2.75, 3.05) is 29.9 Å². The van der Waals surface area contributed by atoms with E-state index < -0.39 is 0 Å². The lowest BCUT2D eigenvalue weighted by Gasteiger charge is -2.15. The molecule has 9 nitrogen and oxygen atoms in total. The molecule has 5 heterocycles. The van der Waals surface area contributed by atoms with Gasteiger partial charge in [0.2, 0.25) is 17.1 Å². The first-order chi connectivity index (χ1) is 16.0. The molecular formula is C22H20ClN7O2S.